The molecule has 0 bridgehead atoms. The first-order valence-corrected chi connectivity index (χ1v) is 11.3. The minimum atomic E-state index is 0.153. The molecule has 28 heavy (non-hydrogen) atoms. The van der Waals surface area contributed by atoms with E-state index in [2.05, 4.69) is 28.7 Å². The first-order valence-electron chi connectivity index (χ1n) is 9.15. The summed E-state index contributed by atoms with van der Waals surface area (Å²) in [6.45, 7) is 7.19. The number of amides is 1. The van der Waals surface area contributed by atoms with Crippen molar-refractivity contribution in [3.8, 4) is 0 Å². The van der Waals surface area contributed by atoms with Gasteiger partial charge in [-0.15, -0.1) is 11.3 Å². The molecule has 146 valence electrons. The Morgan fingerprint density at radius 2 is 1.93 bits per heavy atom. The quantitative estimate of drug-likeness (QED) is 0.451. The van der Waals surface area contributed by atoms with Gasteiger partial charge >= 0.3 is 0 Å². The molecule has 2 aromatic heterocycles. The average molecular weight is 433 g/mol. The first-order chi connectivity index (χ1) is 13.5. The number of fused-ring (bicyclic) bond motifs is 1. The number of carbonyl (C=O) groups is 1. The second-order valence-electron chi connectivity index (χ2n) is 6.75. The molecule has 1 aliphatic heterocycles. The molecular weight excluding hydrogens is 412 g/mol. The van der Waals surface area contributed by atoms with E-state index in [1.165, 1.54) is 22.2 Å². The number of piperazine rings is 1. The number of benzene rings is 1. The van der Waals surface area contributed by atoms with Crippen LogP contribution in [0.5, 0.6) is 0 Å². The van der Waals surface area contributed by atoms with E-state index in [0.717, 1.165) is 39.0 Å². The van der Waals surface area contributed by atoms with Crippen molar-refractivity contribution < 1.29 is 4.79 Å². The van der Waals surface area contributed by atoms with Crippen LogP contribution in [0.2, 0.25) is 5.02 Å². The molecule has 0 radical (unpaired) electrons. The molecular formula is C20H21ClN4OS2. The maximum Gasteiger partial charge on any atom is 0.233 e. The molecule has 0 unspecified atom stereocenters. The lowest BCUT2D eigenvalue weighted by Crippen LogP contribution is -2.49. The highest BCUT2D eigenvalue weighted by atomic mass is 35.5. The molecule has 0 aliphatic carbocycles. The molecule has 1 saturated heterocycles. The Balaban J connectivity index is 1.38. The Morgan fingerprint density at radius 3 is 2.68 bits per heavy atom. The molecule has 5 nitrogen and oxygen atoms in total. The molecule has 1 aliphatic rings. The predicted octanol–water partition coefficient (Wildman–Crippen LogP) is 4.40. The molecule has 3 heterocycles. The van der Waals surface area contributed by atoms with E-state index in [1.807, 2.05) is 29.2 Å². The molecule has 3 aromatic rings. The Morgan fingerprint density at radius 1 is 1.18 bits per heavy atom. The second kappa shape index (κ2) is 8.27. The monoisotopic (exact) mass is 432 g/mol. The standard InChI is InChI=1S/C20H21ClN4OS2/c1-13-14(2)28-20-18(13)19(22-12-23-20)27-11-17(26)25-9-7-24(8-10-25)16-6-4-3-5-15(16)21/h3-6,12H,7-11H2,1-2H3. The third-order valence-corrected chi connectivity index (χ3v) is 7.50. The van der Waals surface area contributed by atoms with Gasteiger partial charge in [0, 0.05) is 36.4 Å². The van der Waals surface area contributed by atoms with Gasteiger partial charge in [0.2, 0.25) is 5.91 Å². The van der Waals surface area contributed by atoms with Gasteiger partial charge in [0.1, 0.15) is 16.2 Å². The SMILES string of the molecule is Cc1sc2ncnc(SCC(=O)N3CCN(c4ccccc4Cl)CC3)c2c1C. The lowest BCUT2D eigenvalue weighted by Gasteiger charge is -2.36. The zero-order valence-electron chi connectivity index (χ0n) is 15.8. The second-order valence-corrected chi connectivity index (χ2v) is 9.32. The van der Waals surface area contributed by atoms with Crippen LogP contribution in [0.3, 0.4) is 0 Å². The minimum absolute atomic E-state index is 0.153. The molecule has 4 rings (SSSR count). The van der Waals surface area contributed by atoms with Gasteiger partial charge in [0.05, 0.1) is 16.5 Å². The van der Waals surface area contributed by atoms with Crippen LogP contribution in [0.4, 0.5) is 5.69 Å². The summed E-state index contributed by atoms with van der Waals surface area (Å²) in [6, 6.07) is 7.86. The van der Waals surface area contributed by atoms with E-state index in [9.17, 15) is 4.79 Å². The fraction of sp³-hybridized carbons (Fsp3) is 0.350. The normalized spacial score (nSPS) is 14.7. The van der Waals surface area contributed by atoms with Crippen LogP contribution in [0.25, 0.3) is 10.2 Å². The van der Waals surface area contributed by atoms with Gasteiger partial charge in [-0.05, 0) is 31.5 Å². The topological polar surface area (TPSA) is 49.3 Å². The van der Waals surface area contributed by atoms with Crippen LogP contribution >= 0.6 is 34.7 Å². The number of thiophene rings is 1. The molecule has 1 amide bonds. The third-order valence-electron chi connectivity index (χ3n) is 5.09. The van der Waals surface area contributed by atoms with E-state index in [4.69, 9.17) is 11.6 Å². The maximum absolute atomic E-state index is 12.7. The van der Waals surface area contributed by atoms with Crippen molar-refractivity contribution in [3.05, 3.63) is 46.1 Å². The number of halogens is 1. The van der Waals surface area contributed by atoms with Gasteiger partial charge in [-0.1, -0.05) is 35.5 Å². The van der Waals surface area contributed by atoms with E-state index in [-0.39, 0.29) is 5.91 Å². The summed E-state index contributed by atoms with van der Waals surface area (Å²) in [7, 11) is 0. The zero-order valence-corrected chi connectivity index (χ0v) is 18.2. The van der Waals surface area contributed by atoms with Gasteiger partial charge in [0.15, 0.2) is 0 Å². The van der Waals surface area contributed by atoms with E-state index < -0.39 is 0 Å². The fourth-order valence-corrected chi connectivity index (χ4v) is 5.66. The Hall–Kier alpha value is -1.83. The van der Waals surface area contributed by atoms with Crippen molar-refractivity contribution in [1.29, 1.82) is 0 Å². The summed E-state index contributed by atoms with van der Waals surface area (Å²) < 4.78 is 0. The van der Waals surface area contributed by atoms with Crippen LogP contribution in [0, 0.1) is 13.8 Å². The van der Waals surface area contributed by atoms with Crippen molar-refractivity contribution in [1.82, 2.24) is 14.9 Å². The minimum Gasteiger partial charge on any atom is -0.367 e. The number of aryl methyl sites for hydroxylation is 2. The summed E-state index contributed by atoms with van der Waals surface area (Å²) in [5.74, 6) is 0.548. The van der Waals surface area contributed by atoms with Crippen molar-refractivity contribution in [2.24, 2.45) is 0 Å². The lowest BCUT2D eigenvalue weighted by molar-refractivity contribution is -0.128. The highest BCUT2D eigenvalue weighted by Gasteiger charge is 2.23. The number of hydrogen-bond acceptors (Lipinski definition) is 6. The summed E-state index contributed by atoms with van der Waals surface area (Å²) in [4.78, 5) is 27.9. The molecule has 0 N–H and O–H groups in total. The number of para-hydroxylation sites is 1. The Kier molecular flexibility index (Phi) is 5.75. The van der Waals surface area contributed by atoms with Crippen molar-refractivity contribution in [2.75, 3.05) is 36.8 Å². The van der Waals surface area contributed by atoms with Crippen molar-refractivity contribution in [3.63, 3.8) is 0 Å². The Bertz CT molecular complexity index is 1010. The maximum atomic E-state index is 12.7. The number of hydrogen-bond donors (Lipinski definition) is 0. The first kappa shape index (κ1) is 19.5. The van der Waals surface area contributed by atoms with Crippen LogP contribution < -0.4 is 4.90 Å². The number of thioether (sulfide) groups is 1. The Labute approximate surface area is 177 Å². The third kappa shape index (κ3) is 3.83. The number of anilines is 1. The molecule has 0 spiro atoms. The highest BCUT2D eigenvalue weighted by molar-refractivity contribution is 8.00. The molecule has 1 aromatic carbocycles. The summed E-state index contributed by atoms with van der Waals surface area (Å²) >= 11 is 9.49. The van der Waals surface area contributed by atoms with Gasteiger partial charge in [-0.2, -0.15) is 0 Å². The van der Waals surface area contributed by atoms with Gasteiger partial charge in [-0.25, -0.2) is 9.97 Å². The lowest BCUT2D eigenvalue weighted by atomic mass is 10.2. The van der Waals surface area contributed by atoms with Gasteiger partial charge in [0.25, 0.3) is 0 Å². The summed E-state index contributed by atoms with van der Waals surface area (Å²) in [6.07, 6.45) is 1.59. The largest absolute Gasteiger partial charge is 0.367 e. The van der Waals surface area contributed by atoms with E-state index in [0.29, 0.717) is 18.8 Å². The molecule has 1 fully saturated rings. The van der Waals surface area contributed by atoms with Crippen LogP contribution in [-0.4, -0.2) is 52.7 Å². The smallest absolute Gasteiger partial charge is 0.233 e. The molecule has 8 heteroatoms. The van der Waals surface area contributed by atoms with Crippen LogP contribution in [0.15, 0.2) is 35.6 Å². The molecule has 0 atom stereocenters. The average Bonchev–Trinajstić information content (AvgIpc) is 3.01. The summed E-state index contributed by atoms with van der Waals surface area (Å²) in [5.41, 5.74) is 2.25. The number of aromatic nitrogens is 2. The van der Waals surface area contributed by atoms with Crippen LogP contribution in [-0.2, 0) is 4.79 Å². The predicted molar refractivity (Wildman–Crippen MR) is 118 cm³/mol. The summed E-state index contributed by atoms with van der Waals surface area (Å²) in [5, 5.41) is 2.74. The van der Waals surface area contributed by atoms with Crippen molar-refractivity contribution in [2.45, 2.75) is 18.9 Å². The van der Waals surface area contributed by atoms with Crippen molar-refractivity contribution >= 4 is 56.5 Å². The number of carbonyl (C=O) groups excluding carboxylic acids is 1. The fourth-order valence-electron chi connectivity index (χ4n) is 3.39. The van der Waals surface area contributed by atoms with Gasteiger partial charge in [-0.3, -0.25) is 4.79 Å². The van der Waals surface area contributed by atoms with E-state index in [1.54, 1.807) is 17.7 Å². The van der Waals surface area contributed by atoms with Crippen LogP contribution in [0.1, 0.15) is 10.4 Å². The highest BCUT2D eigenvalue weighted by Crippen LogP contribution is 2.34. The van der Waals surface area contributed by atoms with Gasteiger partial charge < -0.3 is 9.80 Å². The zero-order chi connectivity index (χ0) is 19.7. The molecule has 0 saturated carbocycles. The number of rotatable bonds is 4. The van der Waals surface area contributed by atoms with E-state index >= 15 is 0 Å². The number of nitrogens with zero attached hydrogens (tertiary/aromatic N) is 4.